The molecule has 0 spiro atoms. The first-order valence-corrected chi connectivity index (χ1v) is 11.8. The summed E-state index contributed by atoms with van der Waals surface area (Å²) in [5.74, 6) is -0.0756. The van der Waals surface area contributed by atoms with Gasteiger partial charge in [0, 0.05) is 16.9 Å². The Morgan fingerprint density at radius 3 is 2.32 bits per heavy atom. The van der Waals surface area contributed by atoms with Crippen LogP contribution in [0.2, 0.25) is 0 Å². The third-order valence-electron chi connectivity index (χ3n) is 5.03. The summed E-state index contributed by atoms with van der Waals surface area (Å²) < 4.78 is 5.83. The number of carbonyl (C=O) groups excluding carboxylic acids is 2. The Hall–Kier alpha value is -3.71. The lowest BCUT2D eigenvalue weighted by molar-refractivity contribution is 0.0972. The summed E-state index contributed by atoms with van der Waals surface area (Å²) in [6, 6.07) is 23.2. The Bertz CT molecular complexity index is 1120. The number of ether oxygens (including phenoxy) is 1. The van der Waals surface area contributed by atoms with Gasteiger partial charge in [-0.2, -0.15) is 0 Å². The normalized spacial score (nSPS) is 10.3. The maximum Gasteiger partial charge on any atom is 0.261 e. The monoisotopic (exact) mass is 475 g/mol. The number of carbonyl (C=O) groups is 2. The molecule has 7 heteroatoms. The molecule has 3 N–H and O–H groups in total. The third kappa shape index (κ3) is 7.71. The second kappa shape index (κ2) is 13.1. The predicted octanol–water partition coefficient (Wildman–Crippen LogP) is 6.02. The number of amides is 2. The topological polar surface area (TPSA) is 79.5 Å². The fraction of sp³-hybridized carbons (Fsp3) is 0.222. The number of anilines is 2. The van der Waals surface area contributed by atoms with Gasteiger partial charge < -0.3 is 15.4 Å². The van der Waals surface area contributed by atoms with Crippen molar-refractivity contribution in [1.82, 2.24) is 5.32 Å². The van der Waals surface area contributed by atoms with Crippen LogP contribution < -0.4 is 20.7 Å². The van der Waals surface area contributed by atoms with E-state index in [1.165, 1.54) is 6.42 Å². The quantitative estimate of drug-likeness (QED) is 0.247. The summed E-state index contributed by atoms with van der Waals surface area (Å²) in [7, 11) is 0. The van der Waals surface area contributed by atoms with E-state index in [0.717, 1.165) is 19.3 Å². The van der Waals surface area contributed by atoms with Crippen molar-refractivity contribution in [3.05, 3.63) is 90.0 Å². The highest BCUT2D eigenvalue weighted by molar-refractivity contribution is 7.80. The number of para-hydroxylation sites is 2. The van der Waals surface area contributed by atoms with Gasteiger partial charge in [0.15, 0.2) is 5.11 Å². The third-order valence-corrected chi connectivity index (χ3v) is 5.23. The van der Waals surface area contributed by atoms with Gasteiger partial charge in [0.2, 0.25) is 0 Å². The molecule has 3 aromatic carbocycles. The van der Waals surface area contributed by atoms with E-state index in [2.05, 4.69) is 22.9 Å². The molecule has 0 fully saturated rings. The molecule has 34 heavy (non-hydrogen) atoms. The molecule has 176 valence electrons. The lowest BCUT2D eigenvalue weighted by Crippen LogP contribution is -2.34. The molecular formula is C27H29N3O3S. The first kappa shape index (κ1) is 24.9. The fourth-order valence-electron chi connectivity index (χ4n) is 3.29. The number of nitrogens with one attached hydrogen (secondary N) is 3. The predicted molar refractivity (Wildman–Crippen MR) is 141 cm³/mol. The summed E-state index contributed by atoms with van der Waals surface area (Å²) in [6.07, 6.45) is 4.36. The number of thiocarbonyl (C=S) groups is 1. The number of unbranched alkanes of at least 4 members (excludes halogenated alkanes) is 3. The van der Waals surface area contributed by atoms with Crippen LogP contribution in [0.15, 0.2) is 78.9 Å². The molecule has 0 aliphatic heterocycles. The van der Waals surface area contributed by atoms with Crippen LogP contribution in [0.25, 0.3) is 0 Å². The molecule has 0 aromatic heterocycles. The first-order chi connectivity index (χ1) is 16.6. The minimum Gasteiger partial charge on any atom is -0.493 e. The number of benzene rings is 3. The van der Waals surface area contributed by atoms with Crippen molar-refractivity contribution in [2.45, 2.75) is 32.6 Å². The van der Waals surface area contributed by atoms with Crippen molar-refractivity contribution in [2.24, 2.45) is 0 Å². The Morgan fingerprint density at radius 2 is 1.53 bits per heavy atom. The SMILES string of the molecule is CCCCCCOc1ccccc1C(=O)NC(=S)Nc1cccc(C(=O)Nc2ccccc2)c1. The smallest absolute Gasteiger partial charge is 0.261 e. The fourth-order valence-corrected chi connectivity index (χ4v) is 3.50. The van der Waals surface area contributed by atoms with Gasteiger partial charge in [-0.1, -0.05) is 62.6 Å². The Morgan fingerprint density at radius 1 is 0.794 bits per heavy atom. The molecule has 3 rings (SSSR count). The number of hydrogen-bond acceptors (Lipinski definition) is 4. The molecule has 3 aromatic rings. The minimum absolute atomic E-state index is 0.128. The molecule has 0 aliphatic rings. The van der Waals surface area contributed by atoms with Gasteiger partial charge in [-0.25, -0.2) is 0 Å². The van der Waals surface area contributed by atoms with Gasteiger partial charge in [-0.15, -0.1) is 0 Å². The van der Waals surface area contributed by atoms with E-state index in [1.807, 2.05) is 36.4 Å². The van der Waals surface area contributed by atoms with Crippen molar-refractivity contribution >= 4 is 40.5 Å². The second-order valence-electron chi connectivity index (χ2n) is 7.71. The van der Waals surface area contributed by atoms with Gasteiger partial charge in [-0.05, 0) is 61.1 Å². The molecule has 0 atom stereocenters. The van der Waals surface area contributed by atoms with E-state index in [4.69, 9.17) is 17.0 Å². The van der Waals surface area contributed by atoms with E-state index >= 15 is 0 Å². The summed E-state index contributed by atoms with van der Waals surface area (Å²) in [5, 5.41) is 8.62. The van der Waals surface area contributed by atoms with Gasteiger partial charge in [0.05, 0.1) is 12.2 Å². The molecule has 0 saturated heterocycles. The average Bonchev–Trinajstić information content (AvgIpc) is 2.85. The van der Waals surface area contributed by atoms with Crippen LogP contribution in [0.1, 0.15) is 53.3 Å². The highest BCUT2D eigenvalue weighted by atomic mass is 32.1. The Balaban J connectivity index is 1.57. The van der Waals surface area contributed by atoms with Gasteiger partial charge in [0.25, 0.3) is 11.8 Å². The van der Waals surface area contributed by atoms with E-state index in [0.29, 0.717) is 34.9 Å². The van der Waals surface area contributed by atoms with Gasteiger partial charge in [-0.3, -0.25) is 14.9 Å². The zero-order chi connectivity index (χ0) is 24.2. The zero-order valence-corrected chi connectivity index (χ0v) is 20.0. The average molecular weight is 476 g/mol. The molecule has 0 saturated carbocycles. The van der Waals surface area contributed by atoms with Crippen LogP contribution in [-0.2, 0) is 0 Å². The van der Waals surface area contributed by atoms with Gasteiger partial charge >= 0.3 is 0 Å². The maximum absolute atomic E-state index is 12.8. The molecule has 0 radical (unpaired) electrons. The van der Waals surface area contributed by atoms with E-state index in [1.54, 1.807) is 42.5 Å². The molecule has 0 unspecified atom stereocenters. The summed E-state index contributed by atoms with van der Waals surface area (Å²) in [6.45, 7) is 2.72. The lowest BCUT2D eigenvalue weighted by atomic mass is 10.1. The van der Waals surface area contributed by atoms with Crippen molar-refractivity contribution in [3.8, 4) is 5.75 Å². The molecule has 0 aliphatic carbocycles. The molecule has 0 heterocycles. The van der Waals surface area contributed by atoms with Crippen LogP contribution >= 0.6 is 12.2 Å². The zero-order valence-electron chi connectivity index (χ0n) is 19.2. The highest BCUT2D eigenvalue weighted by Gasteiger charge is 2.14. The van der Waals surface area contributed by atoms with E-state index in [9.17, 15) is 9.59 Å². The van der Waals surface area contributed by atoms with Crippen molar-refractivity contribution in [2.75, 3.05) is 17.2 Å². The van der Waals surface area contributed by atoms with E-state index < -0.39 is 0 Å². The summed E-state index contributed by atoms with van der Waals surface area (Å²) in [5.41, 5.74) is 2.18. The first-order valence-electron chi connectivity index (χ1n) is 11.4. The highest BCUT2D eigenvalue weighted by Crippen LogP contribution is 2.19. The standard InChI is InChI=1S/C27H29N3O3S/c1-2-3-4-10-18-33-24-17-9-8-16-23(24)26(32)30-27(34)29-22-15-11-12-20(19-22)25(31)28-21-13-6-5-7-14-21/h5-9,11-17,19H,2-4,10,18H2,1H3,(H,28,31)(H2,29,30,32,34). The van der Waals surface area contributed by atoms with Crippen LogP contribution in [0.5, 0.6) is 5.75 Å². The molecule has 0 bridgehead atoms. The second-order valence-corrected chi connectivity index (χ2v) is 8.12. The lowest BCUT2D eigenvalue weighted by Gasteiger charge is -2.13. The van der Waals surface area contributed by atoms with Crippen LogP contribution in [-0.4, -0.2) is 23.5 Å². The molecular weight excluding hydrogens is 446 g/mol. The van der Waals surface area contributed by atoms with Crippen molar-refractivity contribution in [3.63, 3.8) is 0 Å². The molecule has 2 amide bonds. The largest absolute Gasteiger partial charge is 0.493 e. The van der Waals surface area contributed by atoms with Crippen molar-refractivity contribution < 1.29 is 14.3 Å². The maximum atomic E-state index is 12.8. The molecule has 6 nitrogen and oxygen atoms in total. The summed E-state index contributed by atoms with van der Waals surface area (Å²) in [4.78, 5) is 25.3. The summed E-state index contributed by atoms with van der Waals surface area (Å²) >= 11 is 5.32. The minimum atomic E-state index is -0.361. The Labute approximate surface area is 205 Å². The van der Waals surface area contributed by atoms with Crippen LogP contribution in [0.4, 0.5) is 11.4 Å². The van der Waals surface area contributed by atoms with Gasteiger partial charge in [0.1, 0.15) is 5.75 Å². The van der Waals surface area contributed by atoms with Crippen LogP contribution in [0, 0.1) is 0 Å². The number of hydrogen-bond donors (Lipinski definition) is 3. The van der Waals surface area contributed by atoms with Crippen molar-refractivity contribution in [1.29, 1.82) is 0 Å². The van der Waals surface area contributed by atoms with Crippen LogP contribution in [0.3, 0.4) is 0 Å². The van der Waals surface area contributed by atoms with E-state index in [-0.39, 0.29) is 16.9 Å². The Kier molecular flexibility index (Phi) is 9.61. The number of rotatable bonds is 10.